The van der Waals surface area contributed by atoms with Crippen LogP contribution in [0.15, 0.2) is 17.7 Å². The molecule has 3 rings (SSSR count). The largest absolute Gasteiger partial charge is 0.394 e. The van der Waals surface area contributed by atoms with E-state index in [1.165, 1.54) is 24.4 Å². The van der Waals surface area contributed by atoms with Crippen LogP contribution in [-0.2, 0) is 4.74 Å². The van der Waals surface area contributed by atoms with Gasteiger partial charge in [-0.25, -0.2) is 15.0 Å². The molecular weight excluding hydrogens is 284 g/mol. The first-order chi connectivity index (χ1) is 9.67. The van der Waals surface area contributed by atoms with Gasteiger partial charge in [0, 0.05) is 0 Å². The lowest BCUT2D eigenvalue weighted by Gasteiger charge is -2.16. The maximum Gasteiger partial charge on any atom is 0.166 e. The second-order valence-corrected chi connectivity index (χ2v) is 5.23. The Labute approximate surface area is 118 Å². The Morgan fingerprint density at radius 3 is 2.75 bits per heavy atom. The van der Waals surface area contributed by atoms with Gasteiger partial charge in [0.2, 0.25) is 0 Å². The molecule has 9 heteroatoms. The van der Waals surface area contributed by atoms with Crippen LogP contribution in [-0.4, -0.2) is 66.0 Å². The summed E-state index contributed by atoms with van der Waals surface area (Å²) in [7, 11) is 0. The van der Waals surface area contributed by atoms with Crippen molar-refractivity contribution in [2.45, 2.75) is 29.6 Å². The van der Waals surface area contributed by atoms with Gasteiger partial charge in [-0.05, 0) is 6.26 Å². The third-order valence-electron chi connectivity index (χ3n) is 3.31. The van der Waals surface area contributed by atoms with E-state index in [0.29, 0.717) is 11.2 Å². The van der Waals surface area contributed by atoms with Crippen molar-refractivity contribution < 1.29 is 20.1 Å². The summed E-state index contributed by atoms with van der Waals surface area (Å²) in [4.78, 5) is 12.5. The summed E-state index contributed by atoms with van der Waals surface area (Å²) in [6.45, 7) is -0.369. The Morgan fingerprint density at radius 1 is 1.30 bits per heavy atom. The maximum absolute atomic E-state index is 10.0. The minimum atomic E-state index is -1.16. The average Bonchev–Trinajstić information content (AvgIpc) is 3.01. The monoisotopic (exact) mass is 298 g/mol. The van der Waals surface area contributed by atoms with Crippen molar-refractivity contribution in [2.75, 3.05) is 12.9 Å². The fourth-order valence-corrected chi connectivity index (χ4v) is 2.77. The highest BCUT2D eigenvalue weighted by atomic mass is 32.2. The molecule has 1 aliphatic rings. The van der Waals surface area contributed by atoms with Crippen molar-refractivity contribution in [3.05, 3.63) is 12.7 Å². The summed E-state index contributed by atoms with van der Waals surface area (Å²) in [6.07, 6.45) is 0.813. The van der Waals surface area contributed by atoms with Gasteiger partial charge < -0.3 is 20.1 Å². The number of aromatic nitrogens is 4. The quantitative estimate of drug-likeness (QED) is 0.496. The molecule has 108 valence electrons. The molecule has 0 aromatic carbocycles. The summed E-state index contributed by atoms with van der Waals surface area (Å²) in [5.74, 6) is 0. The number of hydrogen-bond donors (Lipinski definition) is 3. The molecule has 8 nitrogen and oxygen atoms in total. The lowest BCUT2D eigenvalue weighted by molar-refractivity contribution is -0.0511. The molecule has 0 radical (unpaired) electrons. The number of thioether (sulfide) groups is 1. The Bertz CT molecular complexity index is 621. The lowest BCUT2D eigenvalue weighted by atomic mass is 10.1. The Kier molecular flexibility index (Phi) is 3.61. The molecule has 0 unspecified atom stereocenters. The van der Waals surface area contributed by atoms with Crippen LogP contribution in [0, 0.1) is 0 Å². The van der Waals surface area contributed by atoms with Crippen LogP contribution >= 0.6 is 11.8 Å². The van der Waals surface area contributed by atoms with Crippen LogP contribution in [0.3, 0.4) is 0 Å². The first-order valence-electron chi connectivity index (χ1n) is 6.01. The molecule has 0 bridgehead atoms. The van der Waals surface area contributed by atoms with Gasteiger partial charge in [-0.1, -0.05) is 0 Å². The van der Waals surface area contributed by atoms with E-state index in [1.54, 1.807) is 4.57 Å². The van der Waals surface area contributed by atoms with Crippen LogP contribution in [0.1, 0.15) is 6.23 Å². The summed E-state index contributed by atoms with van der Waals surface area (Å²) in [5, 5.41) is 29.7. The number of hydrogen-bond acceptors (Lipinski definition) is 8. The van der Waals surface area contributed by atoms with E-state index in [2.05, 4.69) is 15.0 Å². The predicted octanol–water partition coefficient (Wildman–Crippen LogP) is -0.840. The molecule has 0 saturated carbocycles. The first kappa shape index (κ1) is 13.7. The van der Waals surface area contributed by atoms with Crippen LogP contribution in [0.2, 0.25) is 0 Å². The van der Waals surface area contributed by atoms with Crippen molar-refractivity contribution in [3.63, 3.8) is 0 Å². The molecule has 3 N–H and O–H groups in total. The maximum atomic E-state index is 10.0. The molecule has 1 aliphatic heterocycles. The van der Waals surface area contributed by atoms with Gasteiger partial charge in [0.25, 0.3) is 0 Å². The minimum Gasteiger partial charge on any atom is -0.394 e. The van der Waals surface area contributed by atoms with E-state index in [-0.39, 0.29) is 6.61 Å². The zero-order chi connectivity index (χ0) is 14.3. The van der Waals surface area contributed by atoms with Crippen LogP contribution in [0.4, 0.5) is 0 Å². The van der Waals surface area contributed by atoms with Crippen LogP contribution in [0.25, 0.3) is 11.2 Å². The minimum absolute atomic E-state index is 0.369. The Morgan fingerprint density at radius 2 is 2.10 bits per heavy atom. The second-order valence-electron chi connectivity index (χ2n) is 4.44. The summed E-state index contributed by atoms with van der Waals surface area (Å²) >= 11 is 1.44. The second kappa shape index (κ2) is 5.26. The van der Waals surface area contributed by atoms with Gasteiger partial charge in [-0.3, -0.25) is 4.57 Å². The molecule has 1 fully saturated rings. The summed E-state index contributed by atoms with van der Waals surface area (Å²) in [6, 6.07) is 0. The zero-order valence-electron chi connectivity index (χ0n) is 10.6. The van der Waals surface area contributed by atoms with Crippen molar-refractivity contribution in [2.24, 2.45) is 0 Å². The Balaban J connectivity index is 2.03. The lowest BCUT2D eigenvalue weighted by Crippen LogP contribution is -2.33. The number of ether oxygens (including phenoxy) is 1. The average molecular weight is 298 g/mol. The number of imidazole rings is 1. The van der Waals surface area contributed by atoms with Gasteiger partial charge in [0.1, 0.15) is 35.2 Å². The fourth-order valence-electron chi connectivity index (χ4n) is 2.28. The number of aliphatic hydroxyl groups is 3. The summed E-state index contributed by atoms with van der Waals surface area (Å²) < 4.78 is 7.01. The molecular formula is C11H14N4O4S. The molecule has 0 amide bonds. The topological polar surface area (TPSA) is 114 Å². The highest BCUT2D eigenvalue weighted by Gasteiger charge is 2.43. The fraction of sp³-hybridized carbons (Fsp3) is 0.545. The molecule has 1 saturated heterocycles. The predicted molar refractivity (Wildman–Crippen MR) is 70.1 cm³/mol. The number of rotatable bonds is 3. The molecule has 3 heterocycles. The number of nitrogens with zero attached hydrogens (tertiary/aromatic N) is 4. The van der Waals surface area contributed by atoms with E-state index >= 15 is 0 Å². The van der Waals surface area contributed by atoms with Gasteiger partial charge in [-0.15, -0.1) is 11.8 Å². The number of aliphatic hydroxyl groups excluding tert-OH is 3. The van der Waals surface area contributed by atoms with E-state index in [4.69, 9.17) is 9.84 Å². The zero-order valence-corrected chi connectivity index (χ0v) is 11.4. The first-order valence-corrected chi connectivity index (χ1v) is 7.23. The van der Waals surface area contributed by atoms with E-state index < -0.39 is 24.5 Å². The molecule has 0 spiro atoms. The van der Waals surface area contributed by atoms with Crippen LogP contribution in [0.5, 0.6) is 0 Å². The van der Waals surface area contributed by atoms with Gasteiger partial charge in [-0.2, -0.15) is 0 Å². The third kappa shape index (κ3) is 1.98. The van der Waals surface area contributed by atoms with Gasteiger partial charge in [0.15, 0.2) is 11.9 Å². The van der Waals surface area contributed by atoms with Crippen molar-refractivity contribution in [1.82, 2.24) is 19.5 Å². The van der Waals surface area contributed by atoms with Gasteiger partial charge in [0.05, 0.1) is 12.9 Å². The highest BCUT2D eigenvalue weighted by Crippen LogP contribution is 2.32. The highest BCUT2D eigenvalue weighted by molar-refractivity contribution is 7.98. The number of fused-ring (bicyclic) bond motifs is 1. The standard InChI is InChI=1S/C11H14N4O4S/c1-20-10-6-9(12-3-13-10)15(4-14-6)11-8(18)7(17)5(2-16)19-11/h3-5,7-8,11,16-18H,2H2,1H3/t5-,7+,8-,11-/m1/s1. The molecule has 2 aromatic heterocycles. The van der Waals surface area contributed by atoms with E-state index in [0.717, 1.165) is 5.03 Å². The molecule has 4 atom stereocenters. The van der Waals surface area contributed by atoms with Crippen molar-refractivity contribution >= 4 is 22.9 Å². The molecule has 2 aromatic rings. The Hall–Kier alpha value is -1.26. The normalized spacial score (nSPS) is 30.2. The van der Waals surface area contributed by atoms with Crippen LogP contribution < -0.4 is 0 Å². The third-order valence-corrected chi connectivity index (χ3v) is 4.00. The van der Waals surface area contributed by atoms with E-state index in [1.807, 2.05) is 6.26 Å². The molecule has 0 aliphatic carbocycles. The van der Waals surface area contributed by atoms with Crippen molar-refractivity contribution in [1.29, 1.82) is 0 Å². The molecule has 20 heavy (non-hydrogen) atoms. The summed E-state index contributed by atoms with van der Waals surface area (Å²) in [5.41, 5.74) is 1.12. The smallest absolute Gasteiger partial charge is 0.166 e. The SMILES string of the molecule is CSc1ncnc2c1ncn2[C@@H]1O[C@H](CO)[C@H](O)[C@H]1O. The van der Waals surface area contributed by atoms with E-state index in [9.17, 15) is 10.2 Å². The van der Waals surface area contributed by atoms with Crippen molar-refractivity contribution in [3.8, 4) is 0 Å². The van der Waals surface area contributed by atoms with Gasteiger partial charge >= 0.3 is 0 Å².